The van der Waals surface area contributed by atoms with Gasteiger partial charge in [-0.25, -0.2) is 4.79 Å². The van der Waals surface area contributed by atoms with E-state index < -0.39 is 36.5 Å². The standard InChI is InChI=1S/C15H24N4O6/c20-8-10(14(23)19-6-2-4-11(19)15(24)25)18-12(21)7-17-13(22)9-3-1-5-16-9/h9-11,16,20H,1-8H2,(H,17,22)(H,18,21)(H,24,25). The highest BCUT2D eigenvalue weighted by Crippen LogP contribution is 2.18. The Labute approximate surface area is 144 Å². The lowest BCUT2D eigenvalue weighted by Crippen LogP contribution is -2.55. The SMILES string of the molecule is O=C(CNC(=O)C1CCCN1)NC(CO)C(=O)N1CCCC1C(=O)O. The van der Waals surface area contributed by atoms with Crippen LogP contribution in [0.5, 0.6) is 0 Å². The number of nitrogens with one attached hydrogen (secondary N) is 3. The molecule has 140 valence electrons. The lowest BCUT2D eigenvalue weighted by molar-refractivity contribution is -0.149. The van der Waals surface area contributed by atoms with Gasteiger partial charge in [0.25, 0.3) is 0 Å². The summed E-state index contributed by atoms with van der Waals surface area (Å²) < 4.78 is 0. The van der Waals surface area contributed by atoms with Crippen LogP contribution in [0.1, 0.15) is 25.7 Å². The molecule has 0 aliphatic carbocycles. The van der Waals surface area contributed by atoms with E-state index in [1.807, 2.05) is 0 Å². The van der Waals surface area contributed by atoms with Crippen LogP contribution in [-0.4, -0.2) is 83.2 Å². The quantitative estimate of drug-likeness (QED) is 0.336. The van der Waals surface area contributed by atoms with Crippen LogP contribution in [0.2, 0.25) is 0 Å². The van der Waals surface area contributed by atoms with Gasteiger partial charge in [0.1, 0.15) is 12.1 Å². The van der Waals surface area contributed by atoms with Gasteiger partial charge in [0, 0.05) is 6.54 Å². The molecule has 2 aliphatic rings. The van der Waals surface area contributed by atoms with E-state index in [1.165, 1.54) is 0 Å². The van der Waals surface area contributed by atoms with Gasteiger partial charge < -0.3 is 31.1 Å². The van der Waals surface area contributed by atoms with E-state index in [-0.39, 0.29) is 25.0 Å². The van der Waals surface area contributed by atoms with E-state index in [0.29, 0.717) is 19.3 Å². The predicted molar refractivity (Wildman–Crippen MR) is 85.4 cm³/mol. The number of aliphatic carboxylic acids is 1. The van der Waals surface area contributed by atoms with Crippen LogP contribution in [-0.2, 0) is 19.2 Å². The summed E-state index contributed by atoms with van der Waals surface area (Å²) in [5.74, 6) is -2.65. The van der Waals surface area contributed by atoms with Gasteiger partial charge in [0.2, 0.25) is 17.7 Å². The van der Waals surface area contributed by atoms with Crippen molar-refractivity contribution in [3.05, 3.63) is 0 Å². The fourth-order valence-corrected chi connectivity index (χ4v) is 3.12. The number of carbonyl (C=O) groups is 4. The average Bonchev–Trinajstić information content (AvgIpc) is 3.28. The largest absolute Gasteiger partial charge is 0.480 e. The Morgan fingerprint density at radius 1 is 1.20 bits per heavy atom. The summed E-state index contributed by atoms with van der Waals surface area (Å²) >= 11 is 0. The summed E-state index contributed by atoms with van der Waals surface area (Å²) in [6, 6.07) is -2.48. The first-order chi connectivity index (χ1) is 11.9. The van der Waals surface area contributed by atoms with Crippen molar-refractivity contribution < 1.29 is 29.4 Å². The van der Waals surface area contributed by atoms with E-state index in [4.69, 9.17) is 5.11 Å². The minimum absolute atomic E-state index is 0.270. The normalized spacial score (nSPS) is 24.0. The molecule has 2 rings (SSSR count). The highest BCUT2D eigenvalue weighted by molar-refractivity contribution is 5.92. The molecule has 25 heavy (non-hydrogen) atoms. The summed E-state index contributed by atoms with van der Waals surface area (Å²) in [4.78, 5) is 48.4. The maximum absolute atomic E-state index is 12.4. The predicted octanol–water partition coefficient (Wildman–Crippen LogP) is -2.59. The molecule has 0 radical (unpaired) electrons. The molecule has 3 amide bonds. The maximum Gasteiger partial charge on any atom is 0.326 e. The second-order valence-electron chi connectivity index (χ2n) is 6.20. The second kappa shape index (κ2) is 8.77. The Morgan fingerprint density at radius 2 is 1.96 bits per heavy atom. The molecule has 10 heteroatoms. The Kier molecular flexibility index (Phi) is 6.71. The molecule has 0 bridgehead atoms. The first-order valence-corrected chi connectivity index (χ1v) is 8.38. The Bertz CT molecular complexity index is 534. The van der Waals surface area contributed by atoms with Gasteiger partial charge in [0.15, 0.2) is 0 Å². The van der Waals surface area contributed by atoms with Crippen molar-refractivity contribution in [3.8, 4) is 0 Å². The molecule has 0 aromatic heterocycles. The Morgan fingerprint density at radius 3 is 2.56 bits per heavy atom. The van der Waals surface area contributed by atoms with E-state index in [9.17, 15) is 24.3 Å². The van der Waals surface area contributed by atoms with Crippen molar-refractivity contribution in [1.29, 1.82) is 0 Å². The van der Waals surface area contributed by atoms with Gasteiger partial charge in [-0.2, -0.15) is 0 Å². The van der Waals surface area contributed by atoms with E-state index in [2.05, 4.69) is 16.0 Å². The first kappa shape index (κ1) is 19.1. The molecule has 0 saturated carbocycles. The summed E-state index contributed by atoms with van der Waals surface area (Å²) in [6.07, 6.45) is 2.50. The number of hydrogen-bond acceptors (Lipinski definition) is 6. The number of nitrogens with zero attached hydrogens (tertiary/aromatic N) is 1. The van der Waals surface area contributed by atoms with Gasteiger partial charge in [-0.15, -0.1) is 0 Å². The smallest absolute Gasteiger partial charge is 0.326 e. The zero-order chi connectivity index (χ0) is 18.4. The molecule has 0 aromatic rings. The molecule has 2 aliphatic heterocycles. The second-order valence-corrected chi connectivity index (χ2v) is 6.20. The number of aliphatic hydroxyl groups excluding tert-OH is 1. The molecule has 2 saturated heterocycles. The monoisotopic (exact) mass is 356 g/mol. The molecule has 3 atom stereocenters. The van der Waals surface area contributed by atoms with Crippen LogP contribution < -0.4 is 16.0 Å². The van der Waals surface area contributed by atoms with E-state index in [0.717, 1.165) is 17.9 Å². The zero-order valence-electron chi connectivity index (χ0n) is 13.9. The fourth-order valence-electron chi connectivity index (χ4n) is 3.12. The molecular weight excluding hydrogens is 332 g/mol. The minimum Gasteiger partial charge on any atom is -0.480 e. The molecule has 0 spiro atoms. The number of carboxylic acid groups (broad SMARTS) is 1. The maximum atomic E-state index is 12.4. The fraction of sp³-hybridized carbons (Fsp3) is 0.733. The Hall–Kier alpha value is -2.20. The number of aliphatic hydroxyl groups is 1. The summed E-state index contributed by atoms with van der Waals surface area (Å²) in [7, 11) is 0. The van der Waals surface area contributed by atoms with Crippen molar-refractivity contribution >= 4 is 23.7 Å². The Balaban J connectivity index is 1.83. The van der Waals surface area contributed by atoms with Gasteiger partial charge in [-0.3, -0.25) is 14.4 Å². The van der Waals surface area contributed by atoms with Crippen LogP contribution in [0, 0.1) is 0 Å². The summed E-state index contributed by atoms with van der Waals surface area (Å²) in [5, 5.41) is 26.3. The van der Waals surface area contributed by atoms with Crippen LogP contribution in [0.3, 0.4) is 0 Å². The number of amides is 3. The van der Waals surface area contributed by atoms with Crippen LogP contribution >= 0.6 is 0 Å². The van der Waals surface area contributed by atoms with Crippen LogP contribution in [0.4, 0.5) is 0 Å². The summed E-state index contributed by atoms with van der Waals surface area (Å²) in [5.41, 5.74) is 0. The minimum atomic E-state index is -1.23. The van der Waals surface area contributed by atoms with Gasteiger partial charge in [-0.1, -0.05) is 0 Å². The van der Waals surface area contributed by atoms with Crippen molar-refractivity contribution in [2.75, 3.05) is 26.2 Å². The number of carbonyl (C=O) groups excluding carboxylic acids is 3. The van der Waals surface area contributed by atoms with Crippen molar-refractivity contribution in [2.24, 2.45) is 0 Å². The van der Waals surface area contributed by atoms with Crippen LogP contribution in [0.25, 0.3) is 0 Å². The number of likely N-dealkylation sites (tertiary alicyclic amines) is 1. The third-order valence-corrected chi connectivity index (χ3v) is 4.44. The third kappa shape index (κ3) is 4.89. The molecule has 0 aromatic carbocycles. The highest BCUT2D eigenvalue weighted by Gasteiger charge is 2.37. The summed E-state index contributed by atoms with van der Waals surface area (Å²) in [6.45, 7) is 0.0624. The molecule has 3 unspecified atom stereocenters. The first-order valence-electron chi connectivity index (χ1n) is 8.38. The number of hydrogen-bond donors (Lipinski definition) is 5. The average molecular weight is 356 g/mol. The van der Waals surface area contributed by atoms with E-state index >= 15 is 0 Å². The number of rotatable bonds is 7. The highest BCUT2D eigenvalue weighted by atomic mass is 16.4. The zero-order valence-corrected chi connectivity index (χ0v) is 13.9. The molecule has 2 heterocycles. The van der Waals surface area contributed by atoms with Crippen molar-refractivity contribution in [1.82, 2.24) is 20.9 Å². The van der Waals surface area contributed by atoms with Gasteiger partial charge >= 0.3 is 5.97 Å². The molecular formula is C15H24N4O6. The number of carboxylic acids is 1. The van der Waals surface area contributed by atoms with Crippen molar-refractivity contribution in [3.63, 3.8) is 0 Å². The van der Waals surface area contributed by atoms with E-state index in [1.54, 1.807) is 0 Å². The van der Waals surface area contributed by atoms with Crippen LogP contribution in [0.15, 0.2) is 0 Å². The van der Waals surface area contributed by atoms with Crippen molar-refractivity contribution in [2.45, 2.75) is 43.8 Å². The van der Waals surface area contributed by atoms with Gasteiger partial charge in [0.05, 0.1) is 19.2 Å². The molecule has 5 N–H and O–H groups in total. The lowest BCUT2D eigenvalue weighted by atomic mass is 10.2. The molecule has 2 fully saturated rings. The third-order valence-electron chi connectivity index (χ3n) is 4.44. The molecule has 10 nitrogen and oxygen atoms in total. The topological polar surface area (TPSA) is 148 Å². The lowest BCUT2D eigenvalue weighted by Gasteiger charge is -2.26. The van der Waals surface area contributed by atoms with Gasteiger partial charge in [-0.05, 0) is 32.2 Å².